The van der Waals surface area contributed by atoms with E-state index in [1.165, 1.54) is 0 Å². The highest BCUT2D eigenvalue weighted by Crippen LogP contribution is 2.04. The molecule has 16 heavy (non-hydrogen) atoms. The number of rotatable bonds is 4. The molecule has 86 valence electrons. The zero-order valence-electron chi connectivity index (χ0n) is 9.66. The number of nitrogens with one attached hydrogen (secondary N) is 2. The van der Waals surface area contributed by atoms with E-state index in [2.05, 4.69) is 15.8 Å². The fraction of sp³-hybridized carbons (Fsp3) is 0.333. The number of hydrogen-bond donors (Lipinski definition) is 2. The Labute approximate surface area is 95.7 Å². The average molecular weight is 219 g/mol. The third kappa shape index (κ3) is 4.13. The van der Waals surface area contributed by atoms with Gasteiger partial charge in [0.05, 0.1) is 0 Å². The van der Waals surface area contributed by atoms with Crippen molar-refractivity contribution in [1.82, 2.24) is 5.43 Å². The lowest BCUT2D eigenvalue weighted by Gasteiger charge is -2.04. The third-order valence-electron chi connectivity index (χ3n) is 2.16. The van der Waals surface area contributed by atoms with Gasteiger partial charge in [0, 0.05) is 11.4 Å². The van der Waals surface area contributed by atoms with Crippen LogP contribution in [-0.2, 0) is 0 Å². The van der Waals surface area contributed by atoms with Gasteiger partial charge in [0.25, 0.3) is 0 Å². The molecule has 0 atom stereocenters. The lowest BCUT2D eigenvalue weighted by atomic mass is 10.2. The molecule has 1 rings (SSSR count). The van der Waals surface area contributed by atoms with Crippen molar-refractivity contribution < 1.29 is 4.79 Å². The number of hydrogen-bond acceptors (Lipinski definition) is 2. The summed E-state index contributed by atoms with van der Waals surface area (Å²) in [7, 11) is 0. The maximum Gasteiger partial charge on any atom is 0.339 e. The number of nitrogens with zero attached hydrogens (tertiary/aromatic N) is 1. The summed E-state index contributed by atoms with van der Waals surface area (Å²) >= 11 is 0. The molecule has 0 spiro atoms. The second kappa shape index (κ2) is 6.61. The molecule has 0 heterocycles. The maximum atomic E-state index is 11.4. The van der Waals surface area contributed by atoms with Gasteiger partial charge in [0.15, 0.2) is 0 Å². The van der Waals surface area contributed by atoms with Crippen LogP contribution >= 0.6 is 0 Å². The first kappa shape index (κ1) is 12.2. The SMILES string of the molecule is CCC(CC)=NNC(=O)Nc1ccccc1. The van der Waals surface area contributed by atoms with E-state index in [1.54, 1.807) is 0 Å². The minimum Gasteiger partial charge on any atom is -0.307 e. The molecule has 0 aliphatic heterocycles. The van der Waals surface area contributed by atoms with E-state index in [1.807, 2.05) is 44.2 Å². The second-order valence-corrected chi connectivity index (χ2v) is 3.32. The minimum absolute atomic E-state index is 0.314. The van der Waals surface area contributed by atoms with Crippen molar-refractivity contribution >= 4 is 17.4 Å². The molecule has 0 aliphatic rings. The van der Waals surface area contributed by atoms with Gasteiger partial charge in [-0.15, -0.1) is 0 Å². The Morgan fingerprint density at radius 1 is 1.19 bits per heavy atom. The summed E-state index contributed by atoms with van der Waals surface area (Å²) in [6.45, 7) is 4.03. The number of benzene rings is 1. The third-order valence-corrected chi connectivity index (χ3v) is 2.16. The molecule has 0 fully saturated rings. The van der Waals surface area contributed by atoms with Gasteiger partial charge in [0.2, 0.25) is 0 Å². The van der Waals surface area contributed by atoms with Crippen molar-refractivity contribution in [2.24, 2.45) is 5.10 Å². The summed E-state index contributed by atoms with van der Waals surface area (Å²) in [6, 6.07) is 8.96. The van der Waals surface area contributed by atoms with Crippen LogP contribution in [0.2, 0.25) is 0 Å². The van der Waals surface area contributed by atoms with Gasteiger partial charge in [-0.2, -0.15) is 5.10 Å². The van der Waals surface area contributed by atoms with E-state index < -0.39 is 0 Å². The van der Waals surface area contributed by atoms with Gasteiger partial charge in [-0.3, -0.25) is 0 Å². The van der Waals surface area contributed by atoms with Gasteiger partial charge in [-0.25, -0.2) is 10.2 Å². The molecule has 0 saturated heterocycles. The number of para-hydroxylation sites is 1. The van der Waals surface area contributed by atoms with Gasteiger partial charge in [-0.1, -0.05) is 32.0 Å². The van der Waals surface area contributed by atoms with E-state index in [0.29, 0.717) is 0 Å². The Morgan fingerprint density at radius 2 is 1.81 bits per heavy atom. The molecule has 0 aromatic heterocycles. The summed E-state index contributed by atoms with van der Waals surface area (Å²) in [5.41, 5.74) is 4.20. The molecule has 2 amide bonds. The van der Waals surface area contributed by atoms with Gasteiger partial charge in [0.1, 0.15) is 0 Å². The fourth-order valence-corrected chi connectivity index (χ4v) is 1.22. The fourth-order valence-electron chi connectivity index (χ4n) is 1.22. The Morgan fingerprint density at radius 3 is 2.38 bits per heavy atom. The summed E-state index contributed by atoms with van der Waals surface area (Å²) in [5, 5.41) is 6.70. The lowest BCUT2D eigenvalue weighted by molar-refractivity contribution is 0.252. The van der Waals surface area contributed by atoms with Gasteiger partial charge >= 0.3 is 6.03 Å². The topological polar surface area (TPSA) is 53.5 Å². The van der Waals surface area contributed by atoms with Crippen molar-refractivity contribution in [3.63, 3.8) is 0 Å². The standard InChI is InChI=1S/C12H17N3O/c1-3-10(4-2)14-15-12(16)13-11-8-6-5-7-9-11/h5-9H,3-4H2,1-2H3,(H2,13,15,16). The van der Waals surface area contributed by atoms with E-state index in [-0.39, 0.29) is 6.03 Å². The number of amides is 2. The first-order valence-electron chi connectivity index (χ1n) is 5.43. The first-order valence-corrected chi connectivity index (χ1v) is 5.43. The summed E-state index contributed by atoms with van der Waals surface area (Å²) in [4.78, 5) is 11.4. The Hall–Kier alpha value is -1.84. The molecular formula is C12H17N3O. The molecule has 4 nitrogen and oxygen atoms in total. The average Bonchev–Trinajstić information content (AvgIpc) is 2.31. The molecule has 1 aromatic rings. The lowest BCUT2D eigenvalue weighted by Crippen LogP contribution is -2.25. The quantitative estimate of drug-likeness (QED) is 0.593. The van der Waals surface area contributed by atoms with Crippen molar-refractivity contribution in [3.8, 4) is 0 Å². The molecule has 0 radical (unpaired) electrons. The largest absolute Gasteiger partial charge is 0.339 e. The summed E-state index contributed by atoms with van der Waals surface area (Å²) in [5.74, 6) is 0. The van der Waals surface area contributed by atoms with E-state index in [4.69, 9.17) is 0 Å². The maximum absolute atomic E-state index is 11.4. The number of hydrazone groups is 1. The molecule has 1 aromatic carbocycles. The van der Waals surface area contributed by atoms with Crippen LogP contribution in [-0.4, -0.2) is 11.7 Å². The van der Waals surface area contributed by atoms with E-state index in [9.17, 15) is 4.79 Å². The summed E-state index contributed by atoms with van der Waals surface area (Å²) < 4.78 is 0. The molecule has 0 saturated carbocycles. The van der Waals surface area contributed by atoms with E-state index in [0.717, 1.165) is 24.2 Å². The van der Waals surface area contributed by atoms with Crippen LogP contribution in [0.25, 0.3) is 0 Å². The van der Waals surface area contributed by atoms with Crippen LogP contribution < -0.4 is 10.7 Å². The predicted molar refractivity (Wildman–Crippen MR) is 66.6 cm³/mol. The molecular weight excluding hydrogens is 202 g/mol. The van der Waals surface area contributed by atoms with Crippen molar-refractivity contribution in [2.45, 2.75) is 26.7 Å². The van der Waals surface area contributed by atoms with Crippen LogP contribution in [0.3, 0.4) is 0 Å². The Balaban J connectivity index is 2.45. The van der Waals surface area contributed by atoms with Crippen LogP contribution in [0.15, 0.2) is 35.4 Å². The van der Waals surface area contributed by atoms with Crippen molar-refractivity contribution in [1.29, 1.82) is 0 Å². The number of carbonyl (C=O) groups excluding carboxylic acids is 1. The van der Waals surface area contributed by atoms with Crippen molar-refractivity contribution in [2.75, 3.05) is 5.32 Å². The van der Waals surface area contributed by atoms with Gasteiger partial charge < -0.3 is 5.32 Å². The second-order valence-electron chi connectivity index (χ2n) is 3.32. The molecule has 2 N–H and O–H groups in total. The highest BCUT2D eigenvalue weighted by molar-refractivity contribution is 5.91. The Kier molecular flexibility index (Phi) is 5.05. The smallest absolute Gasteiger partial charge is 0.307 e. The molecule has 0 unspecified atom stereocenters. The Bertz CT molecular complexity index is 354. The zero-order chi connectivity index (χ0) is 11.8. The molecule has 0 bridgehead atoms. The van der Waals surface area contributed by atoms with Crippen LogP contribution in [0.1, 0.15) is 26.7 Å². The molecule has 0 aliphatic carbocycles. The van der Waals surface area contributed by atoms with Crippen molar-refractivity contribution in [3.05, 3.63) is 30.3 Å². The van der Waals surface area contributed by atoms with Crippen LogP contribution in [0.4, 0.5) is 10.5 Å². The highest BCUT2D eigenvalue weighted by atomic mass is 16.2. The molecule has 4 heteroatoms. The normalized spacial score (nSPS) is 9.38. The highest BCUT2D eigenvalue weighted by Gasteiger charge is 1.99. The van der Waals surface area contributed by atoms with Crippen LogP contribution in [0, 0.1) is 0 Å². The minimum atomic E-state index is -0.314. The van der Waals surface area contributed by atoms with E-state index >= 15 is 0 Å². The zero-order valence-corrected chi connectivity index (χ0v) is 9.66. The predicted octanol–water partition coefficient (Wildman–Crippen LogP) is 2.98. The summed E-state index contributed by atoms with van der Waals surface area (Å²) in [6.07, 6.45) is 1.70. The van der Waals surface area contributed by atoms with Crippen LogP contribution in [0.5, 0.6) is 0 Å². The number of urea groups is 1. The number of carbonyl (C=O) groups is 1. The first-order chi connectivity index (χ1) is 7.76. The van der Waals surface area contributed by atoms with Gasteiger partial charge in [-0.05, 0) is 25.0 Å². The monoisotopic (exact) mass is 219 g/mol. The number of anilines is 1.